The second-order valence-electron chi connectivity index (χ2n) is 5.32. The van der Waals surface area contributed by atoms with Crippen LogP contribution in [0, 0.1) is 0 Å². The average molecular weight is 279 g/mol. The Hall–Kier alpha value is -2.13. The van der Waals surface area contributed by atoms with Gasteiger partial charge in [0.1, 0.15) is 5.82 Å². The number of H-pyrrole nitrogens is 1. The molecule has 0 saturated carbocycles. The fourth-order valence-corrected chi connectivity index (χ4v) is 2.77. The van der Waals surface area contributed by atoms with E-state index in [2.05, 4.69) is 64.7 Å². The summed E-state index contributed by atoms with van der Waals surface area (Å²) in [6.07, 6.45) is 5.70. The van der Waals surface area contributed by atoms with E-state index in [9.17, 15) is 0 Å². The van der Waals surface area contributed by atoms with Crippen molar-refractivity contribution in [1.29, 1.82) is 0 Å². The molecule has 108 valence electrons. The number of hydrogen-bond acceptors (Lipinski definition) is 2. The number of imidazole rings is 1. The number of rotatable bonds is 6. The maximum absolute atomic E-state index is 4.37. The van der Waals surface area contributed by atoms with Gasteiger partial charge in [0.2, 0.25) is 0 Å². The lowest BCUT2D eigenvalue weighted by Gasteiger charge is -2.20. The summed E-state index contributed by atoms with van der Waals surface area (Å²) in [6, 6.07) is 15.4. The van der Waals surface area contributed by atoms with Crippen LogP contribution in [0.5, 0.6) is 0 Å². The summed E-state index contributed by atoms with van der Waals surface area (Å²) < 4.78 is 0. The fraction of sp³-hybridized carbons (Fsp3) is 0.278. The smallest absolute Gasteiger partial charge is 0.107 e. The van der Waals surface area contributed by atoms with Gasteiger partial charge in [0.25, 0.3) is 0 Å². The summed E-state index contributed by atoms with van der Waals surface area (Å²) in [6.45, 7) is 3.20. The van der Waals surface area contributed by atoms with E-state index in [0.717, 1.165) is 25.2 Å². The second kappa shape index (κ2) is 6.55. The van der Waals surface area contributed by atoms with Gasteiger partial charge >= 0.3 is 0 Å². The highest BCUT2D eigenvalue weighted by Gasteiger charge is 2.15. The normalized spacial score (nSPS) is 12.6. The molecule has 0 amide bonds. The summed E-state index contributed by atoms with van der Waals surface area (Å²) in [5.41, 5.74) is 1.35. The molecule has 2 N–H and O–H groups in total. The molecule has 0 aliphatic heterocycles. The van der Waals surface area contributed by atoms with E-state index >= 15 is 0 Å². The van der Waals surface area contributed by atoms with Gasteiger partial charge in [0.15, 0.2) is 0 Å². The van der Waals surface area contributed by atoms with Gasteiger partial charge in [0, 0.05) is 24.9 Å². The van der Waals surface area contributed by atoms with Crippen molar-refractivity contribution < 1.29 is 0 Å². The molecular formula is C18H21N3. The molecule has 3 heteroatoms. The van der Waals surface area contributed by atoms with E-state index < -0.39 is 0 Å². The van der Waals surface area contributed by atoms with Crippen LogP contribution in [0.4, 0.5) is 0 Å². The maximum Gasteiger partial charge on any atom is 0.107 e. The summed E-state index contributed by atoms with van der Waals surface area (Å²) in [5, 5.41) is 6.27. The number of fused-ring (bicyclic) bond motifs is 1. The minimum atomic E-state index is 0.280. The Morgan fingerprint density at radius 1 is 1.14 bits per heavy atom. The lowest BCUT2D eigenvalue weighted by atomic mass is 9.96. The minimum absolute atomic E-state index is 0.280. The maximum atomic E-state index is 4.37. The van der Waals surface area contributed by atoms with E-state index in [0.29, 0.717) is 0 Å². The number of benzene rings is 2. The van der Waals surface area contributed by atoms with Gasteiger partial charge < -0.3 is 10.3 Å². The monoisotopic (exact) mass is 279 g/mol. The number of nitrogens with zero attached hydrogens (tertiary/aromatic N) is 1. The quantitative estimate of drug-likeness (QED) is 0.719. The van der Waals surface area contributed by atoms with Crippen LogP contribution in [0.15, 0.2) is 54.9 Å². The molecule has 0 spiro atoms. The first-order chi connectivity index (χ1) is 10.4. The molecule has 3 aromatic rings. The van der Waals surface area contributed by atoms with Crippen molar-refractivity contribution in [1.82, 2.24) is 15.3 Å². The molecule has 3 rings (SSSR count). The Morgan fingerprint density at radius 2 is 2.00 bits per heavy atom. The van der Waals surface area contributed by atoms with Gasteiger partial charge in [-0.1, -0.05) is 49.4 Å². The Balaban J connectivity index is 1.97. The van der Waals surface area contributed by atoms with E-state index in [1.54, 1.807) is 0 Å². The third kappa shape index (κ3) is 3.14. The minimum Gasteiger partial charge on any atom is -0.349 e. The van der Waals surface area contributed by atoms with Gasteiger partial charge in [-0.3, -0.25) is 0 Å². The van der Waals surface area contributed by atoms with E-state index in [1.807, 2.05) is 12.4 Å². The highest BCUT2D eigenvalue weighted by Crippen LogP contribution is 2.26. The van der Waals surface area contributed by atoms with Gasteiger partial charge in [-0.05, 0) is 29.3 Å². The number of nitrogens with one attached hydrogen (secondary N) is 2. The first kappa shape index (κ1) is 13.8. The van der Waals surface area contributed by atoms with Gasteiger partial charge in [-0.15, -0.1) is 0 Å². The molecule has 2 aromatic carbocycles. The van der Waals surface area contributed by atoms with E-state index in [1.165, 1.54) is 16.3 Å². The predicted molar refractivity (Wildman–Crippen MR) is 87.3 cm³/mol. The molecule has 21 heavy (non-hydrogen) atoms. The lowest BCUT2D eigenvalue weighted by Crippen LogP contribution is -2.24. The van der Waals surface area contributed by atoms with Crippen molar-refractivity contribution in [3.63, 3.8) is 0 Å². The SMILES string of the molecule is CCCNC(Cc1ncc[nH]1)c1cccc2ccccc12. The first-order valence-electron chi connectivity index (χ1n) is 7.57. The molecule has 0 saturated heterocycles. The van der Waals surface area contributed by atoms with Crippen LogP contribution in [0.3, 0.4) is 0 Å². The predicted octanol–water partition coefficient (Wildman–Crippen LogP) is 3.85. The average Bonchev–Trinajstić information content (AvgIpc) is 3.04. The molecular weight excluding hydrogens is 258 g/mol. The molecule has 0 aliphatic rings. The third-order valence-corrected chi connectivity index (χ3v) is 3.79. The zero-order valence-electron chi connectivity index (χ0n) is 12.3. The first-order valence-corrected chi connectivity index (χ1v) is 7.57. The Morgan fingerprint density at radius 3 is 2.81 bits per heavy atom. The van der Waals surface area contributed by atoms with Crippen molar-refractivity contribution in [2.75, 3.05) is 6.54 Å². The second-order valence-corrected chi connectivity index (χ2v) is 5.32. The van der Waals surface area contributed by atoms with Crippen LogP contribution >= 0.6 is 0 Å². The summed E-state index contributed by atoms with van der Waals surface area (Å²) in [7, 11) is 0. The van der Waals surface area contributed by atoms with Crippen molar-refractivity contribution in [2.45, 2.75) is 25.8 Å². The largest absolute Gasteiger partial charge is 0.349 e. The number of aromatic amines is 1. The Kier molecular flexibility index (Phi) is 4.31. The Labute approximate surface area is 125 Å². The molecule has 1 unspecified atom stereocenters. The van der Waals surface area contributed by atoms with Crippen LogP contribution in [-0.2, 0) is 6.42 Å². The molecule has 0 radical (unpaired) electrons. The zero-order valence-corrected chi connectivity index (χ0v) is 12.3. The Bertz CT molecular complexity index is 683. The van der Waals surface area contributed by atoms with Gasteiger partial charge in [0.05, 0.1) is 0 Å². The van der Waals surface area contributed by atoms with E-state index in [-0.39, 0.29) is 6.04 Å². The highest BCUT2D eigenvalue weighted by molar-refractivity contribution is 5.86. The number of hydrogen-bond donors (Lipinski definition) is 2. The molecule has 3 nitrogen and oxygen atoms in total. The highest BCUT2D eigenvalue weighted by atomic mass is 14.9. The van der Waals surface area contributed by atoms with Crippen LogP contribution in [-0.4, -0.2) is 16.5 Å². The van der Waals surface area contributed by atoms with Gasteiger partial charge in [-0.2, -0.15) is 0 Å². The number of aromatic nitrogens is 2. The zero-order chi connectivity index (χ0) is 14.5. The fourth-order valence-electron chi connectivity index (χ4n) is 2.77. The van der Waals surface area contributed by atoms with Crippen molar-refractivity contribution >= 4 is 10.8 Å². The van der Waals surface area contributed by atoms with Crippen molar-refractivity contribution in [3.05, 3.63) is 66.2 Å². The van der Waals surface area contributed by atoms with Crippen LogP contribution < -0.4 is 5.32 Å². The van der Waals surface area contributed by atoms with E-state index in [4.69, 9.17) is 0 Å². The molecule has 0 bridgehead atoms. The molecule has 0 fully saturated rings. The molecule has 1 aromatic heterocycles. The standard InChI is InChI=1S/C18H21N3/c1-2-10-19-17(13-18-20-11-12-21-18)16-9-5-7-14-6-3-4-8-15(14)16/h3-9,11-12,17,19H,2,10,13H2,1H3,(H,20,21). The topological polar surface area (TPSA) is 40.7 Å². The van der Waals surface area contributed by atoms with Crippen molar-refractivity contribution in [3.8, 4) is 0 Å². The molecule has 0 aliphatic carbocycles. The molecule has 1 heterocycles. The summed E-state index contributed by atoms with van der Waals surface area (Å²) in [5.74, 6) is 1.02. The molecule has 1 atom stereocenters. The third-order valence-electron chi connectivity index (χ3n) is 3.79. The summed E-state index contributed by atoms with van der Waals surface area (Å²) >= 11 is 0. The van der Waals surface area contributed by atoms with Crippen molar-refractivity contribution in [2.24, 2.45) is 0 Å². The van der Waals surface area contributed by atoms with Crippen LogP contribution in [0.1, 0.15) is 30.8 Å². The lowest BCUT2D eigenvalue weighted by molar-refractivity contribution is 0.523. The van der Waals surface area contributed by atoms with Crippen LogP contribution in [0.2, 0.25) is 0 Å². The summed E-state index contributed by atoms with van der Waals surface area (Å²) in [4.78, 5) is 7.58. The van der Waals surface area contributed by atoms with Gasteiger partial charge in [-0.25, -0.2) is 4.98 Å². The van der Waals surface area contributed by atoms with Crippen LogP contribution in [0.25, 0.3) is 10.8 Å².